The van der Waals surface area contributed by atoms with Gasteiger partial charge >= 0.3 is 11.7 Å². The van der Waals surface area contributed by atoms with Crippen molar-refractivity contribution in [2.24, 2.45) is 5.92 Å². The van der Waals surface area contributed by atoms with Crippen molar-refractivity contribution in [1.29, 1.82) is 0 Å². The molecule has 0 spiro atoms. The number of nitrogens with one attached hydrogen (secondary N) is 1. The van der Waals surface area contributed by atoms with E-state index in [9.17, 15) is 14.4 Å². The predicted molar refractivity (Wildman–Crippen MR) is 175 cm³/mol. The van der Waals surface area contributed by atoms with Gasteiger partial charge in [0.15, 0.2) is 6.10 Å². The van der Waals surface area contributed by atoms with Gasteiger partial charge in [0.2, 0.25) is 0 Å². The lowest BCUT2D eigenvalue weighted by molar-refractivity contribution is -0.203. The van der Waals surface area contributed by atoms with Crippen LogP contribution in [0.1, 0.15) is 35.4 Å². The third kappa shape index (κ3) is 5.92. The second-order valence-electron chi connectivity index (χ2n) is 11.8. The van der Waals surface area contributed by atoms with E-state index in [0.29, 0.717) is 17.1 Å². The first-order valence-corrected chi connectivity index (χ1v) is 15.7. The van der Waals surface area contributed by atoms with Gasteiger partial charge < -0.3 is 23.7 Å². The molecule has 2 fully saturated rings. The van der Waals surface area contributed by atoms with Crippen molar-refractivity contribution >= 4 is 5.97 Å². The first-order chi connectivity index (χ1) is 23.2. The van der Waals surface area contributed by atoms with E-state index in [0.717, 1.165) is 16.7 Å². The zero-order valence-electron chi connectivity index (χ0n) is 27.5. The molecule has 0 aliphatic carbocycles. The number of carbonyl (C=O) groups is 1. The molecule has 5 atom stereocenters. The molecule has 6 rings (SSSR count). The molecule has 4 aromatic rings. The number of hydrogen-bond acceptors (Lipinski definition) is 10. The van der Waals surface area contributed by atoms with Crippen LogP contribution in [0.15, 0.2) is 94.6 Å². The van der Waals surface area contributed by atoms with Crippen molar-refractivity contribution in [3.63, 3.8) is 0 Å². The first kappa shape index (κ1) is 33.2. The van der Waals surface area contributed by atoms with Crippen LogP contribution in [0, 0.1) is 12.8 Å². The molecule has 252 valence electrons. The molecule has 1 N–H and O–H groups in total. The standard InChI is InChI=1S/C36H39N3O9/c1-6-45-34(41)31-29-30(38(3)48-31)28(47-33(29)39-20-22(2)32(40)37-35(39)42)21-46-36(23-10-8-7-9-11-23,24-12-16-26(43-4)17-13-24)25-14-18-27(44-5)19-15-25/h7-20,28-31,33H,6,21H2,1-5H3,(H,37,40,42)/t28-,29+,30-,31+,33-/m1/s1. The second kappa shape index (κ2) is 13.8. The monoisotopic (exact) mass is 657 g/mol. The van der Waals surface area contributed by atoms with Crippen molar-refractivity contribution in [2.75, 3.05) is 34.5 Å². The predicted octanol–water partition coefficient (Wildman–Crippen LogP) is 3.56. The average Bonchev–Trinajstić information content (AvgIpc) is 3.66. The molecule has 12 nitrogen and oxygen atoms in total. The van der Waals surface area contributed by atoms with Gasteiger partial charge in [0.05, 0.1) is 39.4 Å². The summed E-state index contributed by atoms with van der Waals surface area (Å²) in [6.45, 7) is 3.48. The maximum atomic E-state index is 13.2. The van der Waals surface area contributed by atoms with Gasteiger partial charge in [-0.25, -0.2) is 9.59 Å². The minimum Gasteiger partial charge on any atom is -0.497 e. The summed E-state index contributed by atoms with van der Waals surface area (Å²) in [6, 6.07) is 24.7. The number of nitrogens with zero attached hydrogens (tertiary/aromatic N) is 2. The summed E-state index contributed by atoms with van der Waals surface area (Å²) in [5.74, 6) is 0.142. The number of carbonyl (C=O) groups excluding carboxylic acids is 1. The van der Waals surface area contributed by atoms with Crippen molar-refractivity contribution in [1.82, 2.24) is 14.6 Å². The number of aromatic nitrogens is 2. The van der Waals surface area contributed by atoms with Gasteiger partial charge in [-0.3, -0.25) is 19.2 Å². The zero-order chi connectivity index (χ0) is 34.0. The van der Waals surface area contributed by atoms with E-state index >= 15 is 0 Å². The summed E-state index contributed by atoms with van der Waals surface area (Å²) >= 11 is 0. The van der Waals surface area contributed by atoms with Crippen LogP contribution in [0.3, 0.4) is 0 Å². The van der Waals surface area contributed by atoms with Gasteiger partial charge in [0.25, 0.3) is 5.56 Å². The lowest BCUT2D eigenvalue weighted by Crippen LogP contribution is -2.42. The summed E-state index contributed by atoms with van der Waals surface area (Å²) in [4.78, 5) is 47.0. The summed E-state index contributed by atoms with van der Waals surface area (Å²) in [6.07, 6.45) is -1.28. The Hall–Kier alpha value is -4.75. The Morgan fingerprint density at radius 2 is 1.48 bits per heavy atom. The van der Waals surface area contributed by atoms with E-state index in [1.54, 1.807) is 40.2 Å². The number of fused-ring (bicyclic) bond motifs is 1. The van der Waals surface area contributed by atoms with Gasteiger partial charge in [-0.05, 0) is 54.8 Å². The lowest BCUT2D eigenvalue weighted by atomic mass is 9.80. The highest BCUT2D eigenvalue weighted by Crippen LogP contribution is 2.47. The van der Waals surface area contributed by atoms with Crippen LogP contribution in [0.2, 0.25) is 0 Å². The normalized spacial score (nSPS) is 22.3. The number of esters is 1. The summed E-state index contributed by atoms with van der Waals surface area (Å²) in [7, 11) is 4.94. The van der Waals surface area contributed by atoms with Crippen LogP contribution in [-0.4, -0.2) is 73.3 Å². The lowest BCUT2D eigenvalue weighted by Gasteiger charge is -2.37. The van der Waals surface area contributed by atoms with Gasteiger partial charge in [0.1, 0.15) is 29.4 Å². The number of benzene rings is 3. The van der Waals surface area contributed by atoms with Crippen molar-refractivity contribution < 1.29 is 33.3 Å². The topological polar surface area (TPSA) is 131 Å². The maximum Gasteiger partial charge on any atom is 0.337 e. The molecule has 3 aromatic carbocycles. The van der Waals surface area contributed by atoms with Crippen LogP contribution < -0.4 is 20.7 Å². The molecule has 2 aliphatic rings. The molecule has 0 unspecified atom stereocenters. The van der Waals surface area contributed by atoms with E-state index in [-0.39, 0.29) is 13.2 Å². The fraction of sp³-hybridized carbons (Fsp3) is 0.361. The van der Waals surface area contributed by atoms with Crippen LogP contribution in [0.4, 0.5) is 0 Å². The van der Waals surface area contributed by atoms with Crippen molar-refractivity contribution in [2.45, 2.75) is 43.9 Å². The second-order valence-corrected chi connectivity index (χ2v) is 11.8. The molecule has 0 amide bonds. The van der Waals surface area contributed by atoms with E-state index in [1.807, 2.05) is 78.9 Å². The van der Waals surface area contributed by atoms with Gasteiger partial charge in [-0.2, -0.15) is 5.06 Å². The third-order valence-electron chi connectivity index (χ3n) is 9.04. The molecular formula is C36H39N3O9. The highest BCUT2D eigenvalue weighted by molar-refractivity contribution is 5.75. The molecule has 0 bridgehead atoms. The number of aromatic amines is 1. The van der Waals surface area contributed by atoms with Gasteiger partial charge in [-0.15, -0.1) is 0 Å². The van der Waals surface area contributed by atoms with E-state index in [4.69, 9.17) is 28.5 Å². The molecule has 1 aromatic heterocycles. The largest absolute Gasteiger partial charge is 0.497 e. The number of H-pyrrole nitrogens is 1. The number of ether oxygens (including phenoxy) is 5. The minimum atomic E-state index is -1.14. The number of aryl methyl sites for hydroxylation is 1. The highest BCUT2D eigenvalue weighted by Gasteiger charge is 2.60. The first-order valence-electron chi connectivity index (χ1n) is 15.7. The summed E-state index contributed by atoms with van der Waals surface area (Å²) < 4.78 is 31.4. The summed E-state index contributed by atoms with van der Waals surface area (Å²) in [5, 5.41) is 1.58. The van der Waals surface area contributed by atoms with Gasteiger partial charge in [-0.1, -0.05) is 54.6 Å². The van der Waals surface area contributed by atoms with Crippen molar-refractivity contribution in [3.8, 4) is 11.5 Å². The van der Waals surface area contributed by atoms with E-state index < -0.39 is 53.2 Å². The Labute approximate surface area is 277 Å². The minimum absolute atomic E-state index is 0.0188. The molecule has 12 heteroatoms. The number of hydrogen-bond donors (Lipinski definition) is 1. The highest BCUT2D eigenvalue weighted by atomic mass is 16.7. The fourth-order valence-corrected chi connectivity index (χ4v) is 6.76. The quantitative estimate of drug-likeness (QED) is 0.189. The number of likely N-dealkylation sites (N-methyl/N-ethyl adjacent to an activating group) is 1. The molecule has 2 aliphatic heterocycles. The molecule has 3 heterocycles. The Balaban J connectivity index is 1.46. The zero-order valence-corrected chi connectivity index (χ0v) is 27.5. The van der Waals surface area contributed by atoms with Crippen LogP contribution in [0.5, 0.6) is 11.5 Å². The molecule has 0 saturated carbocycles. The van der Waals surface area contributed by atoms with Gasteiger partial charge in [0, 0.05) is 18.8 Å². The number of methoxy groups -OCH3 is 2. The maximum absolute atomic E-state index is 13.2. The SMILES string of the molecule is CCOC(=O)[C@H]1ON(C)[C@H]2[C@@H]1[C@H](n1cc(C)c(=O)[nH]c1=O)O[C@@H]2COC(c1ccccc1)(c1ccc(OC)cc1)c1ccc(OC)cc1. The van der Waals surface area contributed by atoms with Crippen LogP contribution in [-0.2, 0) is 29.4 Å². The summed E-state index contributed by atoms with van der Waals surface area (Å²) in [5.41, 5.74) is 0.538. The van der Waals surface area contributed by atoms with Crippen LogP contribution >= 0.6 is 0 Å². The third-order valence-corrected chi connectivity index (χ3v) is 9.04. The number of hydroxylamine groups is 2. The molecule has 0 radical (unpaired) electrons. The average molecular weight is 658 g/mol. The Bertz CT molecular complexity index is 1790. The Morgan fingerprint density at radius 3 is 2.04 bits per heavy atom. The van der Waals surface area contributed by atoms with E-state index in [1.165, 1.54) is 10.8 Å². The van der Waals surface area contributed by atoms with Crippen molar-refractivity contribution in [3.05, 3.63) is 128 Å². The smallest absolute Gasteiger partial charge is 0.337 e. The Kier molecular flexibility index (Phi) is 9.51. The number of rotatable bonds is 11. The molecule has 2 saturated heterocycles. The van der Waals surface area contributed by atoms with Crippen LogP contribution in [0.25, 0.3) is 0 Å². The Morgan fingerprint density at radius 1 is 0.896 bits per heavy atom. The van der Waals surface area contributed by atoms with E-state index in [2.05, 4.69) is 4.98 Å². The fourth-order valence-electron chi connectivity index (χ4n) is 6.76. The molecule has 48 heavy (non-hydrogen) atoms. The molecular weight excluding hydrogens is 618 g/mol.